The van der Waals surface area contributed by atoms with Crippen molar-refractivity contribution in [1.29, 1.82) is 0 Å². The van der Waals surface area contributed by atoms with Gasteiger partial charge < -0.3 is 15.7 Å². The highest BCUT2D eigenvalue weighted by molar-refractivity contribution is 6.30. The van der Waals surface area contributed by atoms with Crippen molar-refractivity contribution in [3.05, 3.63) is 53.2 Å². The Bertz CT molecular complexity index is 570. The van der Waals surface area contributed by atoms with E-state index in [2.05, 4.69) is 15.6 Å². The van der Waals surface area contributed by atoms with Gasteiger partial charge in [-0.1, -0.05) is 11.6 Å². The van der Waals surface area contributed by atoms with Gasteiger partial charge in [0, 0.05) is 17.1 Å². The van der Waals surface area contributed by atoms with E-state index >= 15 is 0 Å². The molecule has 0 saturated heterocycles. The maximum Gasteiger partial charge on any atom is 0.255 e. The Kier molecular flexibility index (Phi) is 4.92. The van der Waals surface area contributed by atoms with Gasteiger partial charge in [-0.25, -0.2) is 4.98 Å². The molecule has 20 heavy (non-hydrogen) atoms. The number of aliphatic hydroxyl groups is 1. The van der Waals surface area contributed by atoms with Crippen molar-refractivity contribution >= 4 is 29.0 Å². The first kappa shape index (κ1) is 14.3. The average molecular weight is 292 g/mol. The van der Waals surface area contributed by atoms with Crippen LogP contribution >= 0.6 is 11.6 Å². The number of benzene rings is 1. The van der Waals surface area contributed by atoms with Crippen LogP contribution in [0.4, 0.5) is 11.5 Å². The molecule has 1 heterocycles. The van der Waals surface area contributed by atoms with Gasteiger partial charge in [0.15, 0.2) is 0 Å². The van der Waals surface area contributed by atoms with Crippen molar-refractivity contribution in [1.82, 2.24) is 4.98 Å². The molecule has 0 aliphatic carbocycles. The molecule has 5 nitrogen and oxygen atoms in total. The number of carbonyl (C=O) groups excluding carboxylic acids is 1. The molecule has 2 aromatic rings. The fourth-order valence-corrected chi connectivity index (χ4v) is 1.69. The molecule has 0 spiro atoms. The standard InChI is InChI=1S/C14H14ClN3O2/c15-11-3-1-10(2-4-11)14(20)18-12-5-6-13(17-9-12)16-7-8-19/h1-6,9,19H,7-8H2,(H,16,17)(H,18,20). The van der Waals surface area contributed by atoms with Crippen molar-refractivity contribution in [3.8, 4) is 0 Å². The fourth-order valence-electron chi connectivity index (χ4n) is 1.56. The number of pyridine rings is 1. The van der Waals surface area contributed by atoms with Crippen LogP contribution in [0.1, 0.15) is 10.4 Å². The summed E-state index contributed by atoms with van der Waals surface area (Å²) in [6.07, 6.45) is 1.55. The quantitative estimate of drug-likeness (QED) is 0.791. The summed E-state index contributed by atoms with van der Waals surface area (Å²) in [5, 5.41) is 14.9. The highest BCUT2D eigenvalue weighted by Crippen LogP contribution is 2.13. The number of anilines is 2. The molecule has 0 saturated carbocycles. The molecule has 1 amide bonds. The molecule has 104 valence electrons. The Morgan fingerprint density at radius 1 is 1.20 bits per heavy atom. The van der Waals surface area contributed by atoms with Crippen molar-refractivity contribution in [2.45, 2.75) is 0 Å². The number of hydrogen-bond acceptors (Lipinski definition) is 4. The van der Waals surface area contributed by atoms with Gasteiger partial charge in [0.2, 0.25) is 0 Å². The summed E-state index contributed by atoms with van der Waals surface area (Å²) in [5.74, 6) is 0.420. The topological polar surface area (TPSA) is 74.2 Å². The van der Waals surface area contributed by atoms with Crippen molar-refractivity contribution in [2.24, 2.45) is 0 Å². The summed E-state index contributed by atoms with van der Waals surface area (Å²) in [6.45, 7) is 0.472. The predicted molar refractivity (Wildman–Crippen MR) is 79.2 cm³/mol. The minimum atomic E-state index is -0.223. The maximum atomic E-state index is 12.0. The first-order valence-corrected chi connectivity index (χ1v) is 6.44. The van der Waals surface area contributed by atoms with Gasteiger partial charge in [0.05, 0.1) is 18.5 Å². The second-order valence-corrected chi connectivity index (χ2v) is 4.48. The molecule has 0 aliphatic heterocycles. The lowest BCUT2D eigenvalue weighted by molar-refractivity contribution is 0.102. The molecule has 0 atom stereocenters. The van der Waals surface area contributed by atoms with E-state index < -0.39 is 0 Å². The molecule has 1 aromatic carbocycles. The Balaban J connectivity index is 1.99. The number of nitrogens with zero attached hydrogens (tertiary/aromatic N) is 1. The third kappa shape index (κ3) is 3.94. The largest absolute Gasteiger partial charge is 0.395 e. The summed E-state index contributed by atoms with van der Waals surface area (Å²) >= 11 is 5.77. The lowest BCUT2D eigenvalue weighted by Gasteiger charge is -2.07. The van der Waals surface area contributed by atoms with Gasteiger partial charge in [-0.15, -0.1) is 0 Å². The SMILES string of the molecule is O=C(Nc1ccc(NCCO)nc1)c1ccc(Cl)cc1. The summed E-state index contributed by atoms with van der Waals surface area (Å²) in [4.78, 5) is 16.1. The fraction of sp³-hybridized carbons (Fsp3) is 0.143. The summed E-state index contributed by atoms with van der Waals surface area (Å²) in [7, 11) is 0. The number of nitrogens with one attached hydrogen (secondary N) is 2. The number of aliphatic hydroxyl groups excluding tert-OH is 1. The molecule has 6 heteroatoms. The molecule has 0 bridgehead atoms. The maximum absolute atomic E-state index is 12.0. The number of halogens is 1. The Morgan fingerprint density at radius 2 is 1.95 bits per heavy atom. The van der Waals surface area contributed by atoms with Gasteiger partial charge in [0.1, 0.15) is 5.82 Å². The third-order valence-corrected chi connectivity index (χ3v) is 2.80. The van der Waals surface area contributed by atoms with E-state index in [0.717, 1.165) is 0 Å². The van der Waals surface area contributed by atoms with Gasteiger partial charge in [-0.2, -0.15) is 0 Å². The van der Waals surface area contributed by atoms with Crippen molar-refractivity contribution in [2.75, 3.05) is 23.8 Å². The van der Waals surface area contributed by atoms with Crippen LogP contribution in [-0.4, -0.2) is 29.1 Å². The first-order chi connectivity index (χ1) is 9.69. The molecule has 3 N–H and O–H groups in total. The highest BCUT2D eigenvalue weighted by atomic mass is 35.5. The van der Waals surface area contributed by atoms with E-state index in [1.807, 2.05) is 0 Å². The Hall–Kier alpha value is -2.11. The van der Waals surface area contributed by atoms with Crippen LogP contribution in [0.25, 0.3) is 0 Å². The molecular formula is C14H14ClN3O2. The van der Waals surface area contributed by atoms with Crippen LogP contribution in [0.5, 0.6) is 0 Å². The van der Waals surface area contributed by atoms with E-state index in [0.29, 0.717) is 28.6 Å². The van der Waals surface area contributed by atoms with Gasteiger partial charge in [0.25, 0.3) is 5.91 Å². The zero-order chi connectivity index (χ0) is 14.4. The number of aromatic nitrogens is 1. The smallest absolute Gasteiger partial charge is 0.255 e. The summed E-state index contributed by atoms with van der Waals surface area (Å²) in [5.41, 5.74) is 1.12. The van der Waals surface area contributed by atoms with Crippen LogP contribution in [0, 0.1) is 0 Å². The average Bonchev–Trinajstić information content (AvgIpc) is 2.47. The molecule has 0 radical (unpaired) electrons. The van der Waals surface area contributed by atoms with Crippen LogP contribution in [0.15, 0.2) is 42.6 Å². The Morgan fingerprint density at radius 3 is 2.55 bits per heavy atom. The molecule has 2 rings (SSSR count). The number of hydrogen-bond donors (Lipinski definition) is 3. The zero-order valence-corrected chi connectivity index (χ0v) is 11.4. The molecule has 1 aromatic heterocycles. The number of rotatable bonds is 5. The van der Waals surface area contributed by atoms with Gasteiger partial charge >= 0.3 is 0 Å². The summed E-state index contributed by atoms with van der Waals surface area (Å²) < 4.78 is 0. The third-order valence-electron chi connectivity index (χ3n) is 2.55. The monoisotopic (exact) mass is 291 g/mol. The van der Waals surface area contributed by atoms with Crippen LogP contribution < -0.4 is 10.6 Å². The van der Waals surface area contributed by atoms with Crippen molar-refractivity contribution < 1.29 is 9.90 Å². The second kappa shape index (κ2) is 6.88. The van der Waals surface area contributed by atoms with Gasteiger partial charge in [-0.05, 0) is 36.4 Å². The second-order valence-electron chi connectivity index (χ2n) is 4.04. The van der Waals surface area contributed by atoms with E-state index in [4.69, 9.17) is 16.7 Å². The zero-order valence-electron chi connectivity index (χ0n) is 10.6. The van der Waals surface area contributed by atoms with Crippen LogP contribution in [-0.2, 0) is 0 Å². The van der Waals surface area contributed by atoms with Gasteiger partial charge in [-0.3, -0.25) is 4.79 Å². The molecule has 0 aliphatic rings. The minimum absolute atomic E-state index is 0.0384. The van der Waals surface area contributed by atoms with E-state index in [1.165, 1.54) is 0 Å². The summed E-state index contributed by atoms with van der Waals surface area (Å²) in [6, 6.07) is 10.1. The predicted octanol–water partition coefficient (Wildman–Crippen LogP) is 2.39. The highest BCUT2D eigenvalue weighted by Gasteiger charge is 2.06. The van der Waals surface area contributed by atoms with E-state index in [9.17, 15) is 4.79 Å². The number of amides is 1. The van der Waals surface area contributed by atoms with Crippen molar-refractivity contribution in [3.63, 3.8) is 0 Å². The number of carbonyl (C=O) groups is 1. The Labute approximate surface area is 121 Å². The van der Waals surface area contributed by atoms with E-state index in [-0.39, 0.29) is 12.5 Å². The normalized spacial score (nSPS) is 10.1. The van der Waals surface area contributed by atoms with E-state index in [1.54, 1.807) is 42.6 Å². The minimum Gasteiger partial charge on any atom is -0.395 e. The van der Waals surface area contributed by atoms with Crippen LogP contribution in [0.3, 0.4) is 0 Å². The lowest BCUT2D eigenvalue weighted by atomic mass is 10.2. The molecule has 0 fully saturated rings. The molecular weight excluding hydrogens is 278 g/mol. The molecule has 0 unspecified atom stereocenters. The van der Waals surface area contributed by atoms with Crippen LogP contribution in [0.2, 0.25) is 5.02 Å². The first-order valence-electron chi connectivity index (χ1n) is 6.07. The lowest BCUT2D eigenvalue weighted by Crippen LogP contribution is -2.12.